The fraction of sp³-hybridized carbons (Fsp3) is 0.500. The summed E-state index contributed by atoms with van der Waals surface area (Å²) in [6.07, 6.45) is 6.76. The number of piperidine rings is 3. The minimum Gasteiger partial charge on any atom is -0.481 e. The molecule has 8 atom stereocenters. The summed E-state index contributed by atoms with van der Waals surface area (Å²) in [7, 11) is 0. The second-order valence-electron chi connectivity index (χ2n) is 9.69. The fourth-order valence-corrected chi connectivity index (χ4v) is 6.16. The molecule has 5 aliphatic rings. The van der Waals surface area contributed by atoms with Crippen LogP contribution >= 0.6 is 0 Å². The number of fused-ring (bicyclic) bond motifs is 6. The maximum absolute atomic E-state index is 11.0. The third-order valence-electron chi connectivity index (χ3n) is 7.94. The van der Waals surface area contributed by atoms with Crippen molar-refractivity contribution in [3.8, 4) is 0 Å². The predicted molar refractivity (Wildman–Crippen MR) is 122 cm³/mol. The number of rotatable bonds is 4. The molecule has 7 nitrogen and oxygen atoms in total. The number of carbonyl (C=O) groups excluding carboxylic acids is 1. The van der Waals surface area contributed by atoms with Crippen LogP contribution in [0.4, 0.5) is 0 Å². The lowest BCUT2D eigenvalue weighted by molar-refractivity contribution is -0.158. The Morgan fingerprint density at radius 3 is 2.70 bits per heavy atom. The normalized spacial score (nSPS) is 34.9. The number of hydrogen-bond acceptors (Lipinski definition) is 6. The van der Waals surface area contributed by atoms with Crippen molar-refractivity contribution in [1.29, 1.82) is 0 Å². The Balaban J connectivity index is 0.000000174. The van der Waals surface area contributed by atoms with Gasteiger partial charge >= 0.3 is 11.9 Å². The molecular formula is C26H30N2O5. The molecule has 0 spiro atoms. The lowest BCUT2D eigenvalue weighted by Crippen LogP contribution is -2.54. The molecule has 4 saturated heterocycles. The van der Waals surface area contributed by atoms with Crippen molar-refractivity contribution < 1.29 is 24.5 Å². The molecule has 4 aliphatic heterocycles. The molecule has 4 unspecified atom stereocenters. The molecule has 1 saturated carbocycles. The Morgan fingerprint density at radius 1 is 1.24 bits per heavy atom. The number of hydrogen-bond donors (Lipinski definition) is 2. The average molecular weight is 451 g/mol. The molecule has 7 heteroatoms. The lowest BCUT2D eigenvalue weighted by Gasteiger charge is -2.50. The Hall–Kier alpha value is -2.77. The minimum atomic E-state index is -0.867. The zero-order valence-corrected chi connectivity index (χ0v) is 18.5. The zero-order valence-electron chi connectivity index (χ0n) is 18.5. The van der Waals surface area contributed by atoms with E-state index in [9.17, 15) is 14.7 Å². The molecule has 0 amide bonds. The van der Waals surface area contributed by atoms with Gasteiger partial charge in [0.05, 0.1) is 23.5 Å². The van der Waals surface area contributed by atoms with Gasteiger partial charge < -0.3 is 14.9 Å². The zero-order chi connectivity index (χ0) is 23.1. The van der Waals surface area contributed by atoms with Gasteiger partial charge in [0, 0.05) is 24.2 Å². The number of carboxylic acid groups (broad SMARTS) is 1. The van der Waals surface area contributed by atoms with Crippen LogP contribution in [0, 0.1) is 23.7 Å². The molecule has 2 aromatic rings. The van der Waals surface area contributed by atoms with Crippen molar-refractivity contribution in [2.24, 2.45) is 23.7 Å². The van der Waals surface area contributed by atoms with Crippen molar-refractivity contribution in [2.75, 3.05) is 13.1 Å². The molecule has 7 rings (SSSR count). The molecule has 4 bridgehead atoms. The monoisotopic (exact) mass is 450 g/mol. The van der Waals surface area contributed by atoms with E-state index in [-0.39, 0.29) is 24.0 Å². The summed E-state index contributed by atoms with van der Waals surface area (Å²) in [6.45, 7) is 6.11. The van der Waals surface area contributed by atoms with Crippen LogP contribution in [0.15, 0.2) is 49.2 Å². The Labute approximate surface area is 193 Å². The number of carboxylic acids is 1. The van der Waals surface area contributed by atoms with Gasteiger partial charge in [0.15, 0.2) is 0 Å². The Kier molecular flexibility index (Phi) is 5.93. The highest BCUT2D eigenvalue weighted by molar-refractivity contribution is 5.84. The molecule has 5 heterocycles. The number of para-hydroxylation sites is 1. The molecule has 174 valence electrons. The van der Waals surface area contributed by atoms with Crippen molar-refractivity contribution in [3.05, 3.63) is 54.7 Å². The number of carbonyl (C=O) groups is 2. The predicted octanol–water partition coefficient (Wildman–Crippen LogP) is 3.19. The fourth-order valence-electron chi connectivity index (χ4n) is 6.16. The first kappa shape index (κ1) is 22.0. The standard InChI is InChI=1S/C19H22N2O.C7H8O4/c1-2-13-12-21-10-8-14(13)11-18(21)19(22)16-7-9-20-17-6-4-3-5-15(16)17;8-6(9)4-1-3-2-5(4)7(10)11-3/h2-7,9,13-14,18-19,22H,1,8,10-12H2;3-5H,1-2H2,(H,8,9)/t13?,14?,18?,19-;3-,4-,5-/m11/s1. The van der Waals surface area contributed by atoms with Crippen LogP contribution in [0.2, 0.25) is 0 Å². The number of ether oxygens (including phenoxy) is 1. The highest BCUT2D eigenvalue weighted by Gasteiger charge is 2.51. The number of esters is 1. The summed E-state index contributed by atoms with van der Waals surface area (Å²) in [5.41, 5.74) is 1.97. The van der Waals surface area contributed by atoms with E-state index in [2.05, 4.69) is 28.6 Å². The number of aliphatic carboxylic acids is 1. The van der Waals surface area contributed by atoms with E-state index in [1.165, 1.54) is 6.42 Å². The number of benzene rings is 1. The summed E-state index contributed by atoms with van der Waals surface area (Å²) < 4.78 is 4.84. The van der Waals surface area contributed by atoms with Gasteiger partial charge in [-0.3, -0.25) is 19.5 Å². The minimum absolute atomic E-state index is 0.117. The Bertz CT molecular complexity index is 1070. The summed E-state index contributed by atoms with van der Waals surface area (Å²) in [5.74, 6) is -0.775. The number of aliphatic hydroxyl groups excluding tert-OH is 1. The van der Waals surface area contributed by atoms with Crippen LogP contribution in [0.5, 0.6) is 0 Å². The van der Waals surface area contributed by atoms with E-state index in [0.717, 1.165) is 36.0 Å². The van der Waals surface area contributed by atoms with E-state index in [4.69, 9.17) is 9.84 Å². The van der Waals surface area contributed by atoms with E-state index in [0.29, 0.717) is 24.7 Å². The molecule has 1 aromatic carbocycles. The maximum Gasteiger partial charge on any atom is 0.310 e. The molecule has 5 fully saturated rings. The topological polar surface area (TPSA) is 100.0 Å². The average Bonchev–Trinajstić information content (AvgIpc) is 3.44. The third kappa shape index (κ3) is 4.04. The van der Waals surface area contributed by atoms with Gasteiger partial charge in [0.1, 0.15) is 6.10 Å². The second kappa shape index (κ2) is 8.88. The molecule has 33 heavy (non-hydrogen) atoms. The molecule has 0 radical (unpaired) electrons. The van der Waals surface area contributed by atoms with Gasteiger partial charge in [-0.05, 0) is 61.8 Å². The van der Waals surface area contributed by atoms with Crippen molar-refractivity contribution in [2.45, 2.75) is 43.9 Å². The van der Waals surface area contributed by atoms with Gasteiger partial charge in [0.25, 0.3) is 0 Å². The summed E-state index contributed by atoms with van der Waals surface area (Å²) in [6, 6.07) is 10.3. The van der Waals surface area contributed by atoms with Gasteiger partial charge in [-0.25, -0.2) is 0 Å². The molecular weight excluding hydrogens is 420 g/mol. The van der Waals surface area contributed by atoms with E-state index in [1.54, 1.807) is 0 Å². The lowest BCUT2D eigenvalue weighted by atomic mass is 9.73. The van der Waals surface area contributed by atoms with Crippen molar-refractivity contribution >= 4 is 22.8 Å². The SMILES string of the molecule is C=CC1CN2CCC1CC2[C@H](O)c1ccnc2ccccc12.O=C(O)[C@@H]1C[C@@H]2C[C@H]1C(=O)O2. The van der Waals surface area contributed by atoms with E-state index >= 15 is 0 Å². The number of pyridine rings is 1. The van der Waals surface area contributed by atoms with Crippen LogP contribution < -0.4 is 0 Å². The van der Waals surface area contributed by atoms with Crippen molar-refractivity contribution in [1.82, 2.24) is 9.88 Å². The van der Waals surface area contributed by atoms with Crippen LogP contribution in [-0.2, 0) is 14.3 Å². The number of aromatic nitrogens is 1. The molecule has 2 N–H and O–H groups in total. The quantitative estimate of drug-likeness (QED) is 0.545. The highest BCUT2D eigenvalue weighted by atomic mass is 16.6. The molecule has 1 aromatic heterocycles. The first-order valence-electron chi connectivity index (χ1n) is 11.8. The third-order valence-corrected chi connectivity index (χ3v) is 7.94. The van der Waals surface area contributed by atoms with E-state index in [1.807, 2.05) is 30.5 Å². The van der Waals surface area contributed by atoms with Gasteiger partial charge in [-0.2, -0.15) is 0 Å². The maximum atomic E-state index is 11.0. The van der Waals surface area contributed by atoms with Crippen LogP contribution in [0.1, 0.15) is 37.4 Å². The first-order valence-corrected chi connectivity index (χ1v) is 11.8. The van der Waals surface area contributed by atoms with Gasteiger partial charge in [0.2, 0.25) is 0 Å². The Morgan fingerprint density at radius 2 is 2.06 bits per heavy atom. The van der Waals surface area contributed by atoms with Crippen LogP contribution in [0.25, 0.3) is 10.9 Å². The summed E-state index contributed by atoms with van der Waals surface area (Å²) in [4.78, 5) is 28.2. The van der Waals surface area contributed by atoms with Crippen molar-refractivity contribution in [3.63, 3.8) is 0 Å². The smallest absolute Gasteiger partial charge is 0.310 e. The van der Waals surface area contributed by atoms with Gasteiger partial charge in [-0.1, -0.05) is 24.3 Å². The van der Waals surface area contributed by atoms with Gasteiger partial charge in [-0.15, -0.1) is 6.58 Å². The number of aliphatic hydroxyl groups is 1. The largest absolute Gasteiger partial charge is 0.481 e. The number of nitrogens with zero attached hydrogens (tertiary/aromatic N) is 2. The summed E-state index contributed by atoms with van der Waals surface area (Å²) in [5, 5.41) is 20.7. The summed E-state index contributed by atoms with van der Waals surface area (Å²) >= 11 is 0. The second-order valence-corrected chi connectivity index (χ2v) is 9.69. The van der Waals surface area contributed by atoms with Crippen LogP contribution in [0.3, 0.4) is 0 Å². The highest BCUT2D eigenvalue weighted by Crippen LogP contribution is 2.42. The molecule has 1 aliphatic carbocycles. The first-order chi connectivity index (χ1) is 16.0. The van der Waals surface area contributed by atoms with Crippen LogP contribution in [-0.4, -0.2) is 57.3 Å². The van der Waals surface area contributed by atoms with E-state index < -0.39 is 18.0 Å².